The summed E-state index contributed by atoms with van der Waals surface area (Å²) < 4.78 is 14.3. The molecular formula is C21H31FN2O. The van der Waals surface area contributed by atoms with E-state index in [9.17, 15) is 9.18 Å². The highest BCUT2D eigenvalue weighted by Gasteiger charge is 2.64. The van der Waals surface area contributed by atoms with E-state index in [2.05, 4.69) is 13.8 Å². The molecule has 4 rings (SSSR count). The molecule has 0 aromatic rings. The Morgan fingerprint density at radius 1 is 1.16 bits per heavy atom. The minimum absolute atomic E-state index is 0.0456. The zero-order valence-electron chi connectivity index (χ0n) is 15.7. The van der Waals surface area contributed by atoms with E-state index in [-0.39, 0.29) is 34.9 Å². The van der Waals surface area contributed by atoms with Crippen LogP contribution in [0.4, 0.5) is 4.39 Å². The zero-order chi connectivity index (χ0) is 18.1. The van der Waals surface area contributed by atoms with Crippen LogP contribution in [0.5, 0.6) is 0 Å². The van der Waals surface area contributed by atoms with Crippen LogP contribution < -0.4 is 0 Å². The van der Waals surface area contributed by atoms with Gasteiger partial charge in [-0.05, 0) is 68.1 Å². The number of hydrogen-bond donors (Lipinski definition) is 2. The van der Waals surface area contributed by atoms with E-state index in [1.54, 1.807) is 0 Å². The fourth-order valence-electron chi connectivity index (χ4n) is 7.47. The largest absolute Gasteiger partial charge is 0.309 e. The number of carbonyl (C=O) groups is 1. The predicted octanol–water partition coefficient (Wildman–Crippen LogP) is 4.83. The van der Waals surface area contributed by atoms with Crippen molar-refractivity contribution in [1.82, 2.24) is 0 Å². The summed E-state index contributed by atoms with van der Waals surface area (Å²) >= 11 is 0. The molecule has 2 N–H and O–H groups in total. The van der Waals surface area contributed by atoms with Crippen molar-refractivity contribution >= 4 is 17.2 Å². The van der Waals surface area contributed by atoms with Gasteiger partial charge in [0.15, 0.2) is 12.0 Å². The van der Waals surface area contributed by atoms with Crippen LogP contribution in [-0.2, 0) is 4.79 Å². The molecule has 0 amide bonds. The molecule has 4 aliphatic rings. The van der Waals surface area contributed by atoms with Gasteiger partial charge < -0.3 is 10.8 Å². The van der Waals surface area contributed by atoms with Gasteiger partial charge in [-0.1, -0.05) is 20.8 Å². The van der Waals surface area contributed by atoms with Crippen molar-refractivity contribution in [3.8, 4) is 0 Å². The van der Waals surface area contributed by atoms with Gasteiger partial charge in [-0.15, -0.1) is 0 Å². The summed E-state index contributed by atoms with van der Waals surface area (Å²) in [7, 11) is 0. The van der Waals surface area contributed by atoms with Crippen molar-refractivity contribution in [3.63, 3.8) is 0 Å². The lowest BCUT2D eigenvalue weighted by molar-refractivity contribution is -0.136. The molecule has 25 heavy (non-hydrogen) atoms. The van der Waals surface area contributed by atoms with Crippen LogP contribution in [0.1, 0.15) is 65.7 Å². The Kier molecular flexibility index (Phi) is 3.80. The smallest absolute Gasteiger partial charge is 0.173 e. The highest BCUT2D eigenvalue weighted by atomic mass is 19.1. The van der Waals surface area contributed by atoms with Crippen molar-refractivity contribution < 1.29 is 9.18 Å². The van der Waals surface area contributed by atoms with Gasteiger partial charge in [-0.25, -0.2) is 4.39 Å². The fourth-order valence-corrected chi connectivity index (χ4v) is 7.47. The van der Waals surface area contributed by atoms with Crippen LogP contribution >= 0.6 is 0 Å². The second-order valence-electron chi connectivity index (χ2n) is 9.65. The minimum Gasteiger partial charge on any atom is -0.309 e. The van der Waals surface area contributed by atoms with E-state index in [4.69, 9.17) is 10.8 Å². The Balaban J connectivity index is 1.72. The number of halogens is 1. The van der Waals surface area contributed by atoms with Crippen molar-refractivity contribution in [2.24, 2.45) is 40.4 Å². The Morgan fingerprint density at radius 3 is 2.56 bits per heavy atom. The first-order valence-electron chi connectivity index (χ1n) is 10.1. The van der Waals surface area contributed by atoms with Crippen LogP contribution in [0.25, 0.3) is 0 Å². The Bertz CT molecular complexity index is 646. The second-order valence-corrected chi connectivity index (χ2v) is 9.65. The van der Waals surface area contributed by atoms with Crippen LogP contribution in [0.15, 0.2) is 0 Å². The third-order valence-corrected chi connectivity index (χ3v) is 8.75. The summed E-state index contributed by atoms with van der Waals surface area (Å²) in [6, 6.07) is 0. The zero-order valence-corrected chi connectivity index (χ0v) is 15.7. The molecule has 0 bridgehead atoms. The van der Waals surface area contributed by atoms with Crippen LogP contribution in [0.2, 0.25) is 0 Å². The number of fused-ring (bicyclic) bond motifs is 5. The monoisotopic (exact) mass is 346 g/mol. The number of Topliss-reactive ketones (excluding diaryl/α,β-unsaturated/α-hetero) is 1. The Labute approximate surface area is 150 Å². The van der Waals surface area contributed by atoms with Gasteiger partial charge in [-0.3, -0.25) is 4.79 Å². The fraction of sp³-hybridized carbons (Fsp3) is 0.857. The summed E-state index contributed by atoms with van der Waals surface area (Å²) in [5.41, 5.74) is 1.15. The van der Waals surface area contributed by atoms with Crippen molar-refractivity contribution in [3.05, 3.63) is 0 Å². The molecule has 0 spiro atoms. The van der Waals surface area contributed by atoms with Gasteiger partial charge in [0.25, 0.3) is 0 Å². The number of ketones is 1. The van der Waals surface area contributed by atoms with E-state index in [0.717, 1.165) is 49.9 Å². The molecule has 0 aliphatic heterocycles. The number of carbonyl (C=O) groups excluding carboxylic acids is 1. The quantitative estimate of drug-likeness (QED) is 0.701. The Hall–Kier alpha value is -1.06. The molecule has 4 heteroatoms. The summed E-state index contributed by atoms with van der Waals surface area (Å²) in [6.45, 7) is 6.47. The maximum atomic E-state index is 14.3. The molecule has 138 valence electrons. The summed E-state index contributed by atoms with van der Waals surface area (Å²) in [5.74, 6) is 1.08. The van der Waals surface area contributed by atoms with Crippen molar-refractivity contribution in [2.75, 3.05) is 0 Å². The Morgan fingerprint density at radius 2 is 1.88 bits per heavy atom. The third kappa shape index (κ3) is 2.12. The molecule has 0 aromatic heterocycles. The maximum absolute atomic E-state index is 14.3. The van der Waals surface area contributed by atoms with Crippen molar-refractivity contribution in [2.45, 2.75) is 71.9 Å². The van der Waals surface area contributed by atoms with E-state index in [1.165, 1.54) is 0 Å². The van der Waals surface area contributed by atoms with Gasteiger partial charge in [0, 0.05) is 28.7 Å². The van der Waals surface area contributed by atoms with Crippen LogP contribution in [-0.4, -0.2) is 23.4 Å². The minimum atomic E-state index is -1.30. The van der Waals surface area contributed by atoms with Gasteiger partial charge in [-0.2, -0.15) is 0 Å². The molecule has 4 aliphatic carbocycles. The average molecular weight is 346 g/mol. The number of alkyl halides is 1. The van der Waals surface area contributed by atoms with Gasteiger partial charge in [0.2, 0.25) is 0 Å². The normalized spacial score (nSPS) is 52.6. The van der Waals surface area contributed by atoms with Gasteiger partial charge in [0.05, 0.1) is 0 Å². The molecule has 5 unspecified atom stereocenters. The highest BCUT2D eigenvalue weighted by molar-refractivity contribution is 5.95. The van der Waals surface area contributed by atoms with Gasteiger partial charge >= 0.3 is 0 Å². The maximum Gasteiger partial charge on any atom is 0.173 e. The first kappa shape index (κ1) is 17.4. The van der Waals surface area contributed by atoms with E-state index < -0.39 is 11.6 Å². The van der Waals surface area contributed by atoms with Gasteiger partial charge in [0.1, 0.15) is 0 Å². The molecule has 0 aromatic carbocycles. The lowest BCUT2D eigenvalue weighted by atomic mass is 9.43. The van der Waals surface area contributed by atoms with Crippen molar-refractivity contribution in [1.29, 1.82) is 10.8 Å². The first-order valence-corrected chi connectivity index (χ1v) is 10.1. The molecule has 0 heterocycles. The second kappa shape index (κ2) is 5.47. The molecule has 4 fully saturated rings. The molecular weight excluding hydrogens is 315 g/mol. The number of nitrogens with one attached hydrogen (secondary N) is 2. The summed E-state index contributed by atoms with van der Waals surface area (Å²) in [5, 5.41) is 17.2. The average Bonchev–Trinajstić information content (AvgIpc) is 2.80. The summed E-state index contributed by atoms with van der Waals surface area (Å²) in [6.07, 6.45) is 4.35. The molecule has 0 radical (unpaired) electrons. The third-order valence-electron chi connectivity index (χ3n) is 8.75. The lowest BCUT2D eigenvalue weighted by Crippen LogP contribution is -2.59. The lowest BCUT2D eigenvalue weighted by Gasteiger charge is -2.61. The van der Waals surface area contributed by atoms with E-state index >= 15 is 0 Å². The summed E-state index contributed by atoms with van der Waals surface area (Å²) in [4.78, 5) is 12.5. The predicted molar refractivity (Wildman–Crippen MR) is 97.0 cm³/mol. The highest BCUT2D eigenvalue weighted by Crippen LogP contribution is 2.65. The van der Waals surface area contributed by atoms with Crippen LogP contribution in [0, 0.1) is 51.2 Å². The van der Waals surface area contributed by atoms with Crippen LogP contribution in [0.3, 0.4) is 0 Å². The molecule has 4 saturated carbocycles. The first-order chi connectivity index (χ1) is 11.7. The van der Waals surface area contributed by atoms with E-state index in [0.29, 0.717) is 12.3 Å². The topological polar surface area (TPSA) is 64.8 Å². The molecule has 8 atom stereocenters. The SMILES string of the molecule is CC[C@H]1C(=N)CC[C@]2(C)C3CC[C@]4(C)C(=O)C(F)CC4C3CC(=N)C12. The number of hydrogen-bond acceptors (Lipinski definition) is 3. The molecule has 0 saturated heterocycles. The standard InChI is InChI=1S/C21H31FN2O/c1-4-11-16(23)6-8-20(2)13-5-7-21(3)14(10-15(22)19(21)25)12(13)9-17(24)18(11)20/h11-15,18,23-24H,4-10H2,1-3H3/t11-,12?,13?,14?,15?,18?,20+,21-/m0/s1. The molecule has 3 nitrogen and oxygen atoms in total. The van der Waals surface area contributed by atoms with E-state index in [1.807, 2.05) is 6.92 Å². The number of rotatable bonds is 1.